The molecule has 5 heteroatoms. The monoisotopic (exact) mass is 273 g/mol. The lowest BCUT2D eigenvalue weighted by Gasteiger charge is -2.08. The molecule has 0 atom stereocenters. The highest BCUT2D eigenvalue weighted by Crippen LogP contribution is 2.31. The number of nitrogens with zero attached hydrogens (tertiary/aromatic N) is 2. The summed E-state index contributed by atoms with van der Waals surface area (Å²) in [6.45, 7) is 4.61. The Labute approximate surface area is 118 Å². The third-order valence-corrected chi connectivity index (χ3v) is 3.52. The van der Waals surface area contributed by atoms with E-state index in [-0.39, 0.29) is 6.61 Å². The second-order valence-electron chi connectivity index (χ2n) is 4.76. The first kappa shape index (κ1) is 14.3. The fraction of sp³-hybridized carbons (Fsp3) is 0.333. The Hall–Kier alpha value is -2.14. The molecule has 3 N–H and O–H groups in total. The van der Waals surface area contributed by atoms with Crippen LogP contribution in [-0.4, -0.2) is 27.2 Å². The highest BCUT2D eigenvalue weighted by molar-refractivity contribution is 6.02. The summed E-state index contributed by atoms with van der Waals surface area (Å²) in [5.41, 5.74) is 9.60. The molecule has 2 aromatic heterocycles. The topological polar surface area (TPSA) is 81.1 Å². The van der Waals surface area contributed by atoms with Gasteiger partial charge in [-0.1, -0.05) is 6.07 Å². The first-order chi connectivity index (χ1) is 9.57. The van der Waals surface area contributed by atoms with Gasteiger partial charge in [0.2, 0.25) is 0 Å². The number of amides is 1. The molecule has 0 bridgehead atoms. The number of aromatic nitrogens is 2. The van der Waals surface area contributed by atoms with Gasteiger partial charge in [-0.2, -0.15) is 0 Å². The van der Waals surface area contributed by atoms with Crippen molar-refractivity contribution in [3.63, 3.8) is 0 Å². The van der Waals surface area contributed by atoms with Crippen LogP contribution >= 0.6 is 0 Å². The summed E-state index contributed by atoms with van der Waals surface area (Å²) in [5, 5.41) is 9.00. The minimum Gasteiger partial charge on any atom is -0.396 e. The molecule has 2 heterocycles. The molecule has 0 spiro atoms. The van der Waals surface area contributed by atoms with E-state index in [1.165, 1.54) is 0 Å². The van der Waals surface area contributed by atoms with E-state index in [0.717, 1.165) is 22.5 Å². The van der Waals surface area contributed by atoms with Crippen molar-refractivity contribution < 1.29 is 9.90 Å². The van der Waals surface area contributed by atoms with E-state index in [0.29, 0.717) is 18.5 Å². The second kappa shape index (κ2) is 5.88. The van der Waals surface area contributed by atoms with Gasteiger partial charge >= 0.3 is 0 Å². The fourth-order valence-electron chi connectivity index (χ4n) is 2.61. The molecule has 106 valence electrons. The summed E-state index contributed by atoms with van der Waals surface area (Å²) < 4.78 is 2.03. The molecule has 0 radical (unpaired) electrons. The molecule has 0 aliphatic carbocycles. The van der Waals surface area contributed by atoms with Crippen LogP contribution in [0, 0.1) is 13.8 Å². The van der Waals surface area contributed by atoms with E-state index in [1.54, 1.807) is 12.4 Å². The zero-order valence-electron chi connectivity index (χ0n) is 11.8. The van der Waals surface area contributed by atoms with Crippen molar-refractivity contribution in [1.29, 1.82) is 0 Å². The molecule has 5 nitrogen and oxygen atoms in total. The molecule has 2 rings (SSSR count). The number of carbonyl (C=O) groups excluding carboxylic acids is 1. The lowest BCUT2D eigenvalue weighted by Crippen LogP contribution is -2.13. The zero-order chi connectivity index (χ0) is 14.7. The van der Waals surface area contributed by atoms with Crippen molar-refractivity contribution in [3.8, 4) is 11.1 Å². The number of hydrogen-bond acceptors (Lipinski definition) is 3. The van der Waals surface area contributed by atoms with Gasteiger partial charge in [-0.05, 0) is 26.3 Å². The Balaban J connectivity index is 2.63. The number of nitrogens with two attached hydrogens (primary N) is 1. The third kappa shape index (κ3) is 2.44. The predicted molar refractivity (Wildman–Crippen MR) is 77.4 cm³/mol. The molecule has 0 saturated carbocycles. The summed E-state index contributed by atoms with van der Waals surface area (Å²) in [6, 6.07) is 3.75. The summed E-state index contributed by atoms with van der Waals surface area (Å²) in [6.07, 6.45) is 4.06. The van der Waals surface area contributed by atoms with Crippen LogP contribution in [0.1, 0.15) is 28.2 Å². The van der Waals surface area contributed by atoms with E-state index in [1.807, 2.05) is 30.5 Å². The fourth-order valence-corrected chi connectivity index (χ4v) is 2.61. The van der Waals surface area contributed by atoms with Crippen LogP contribution in [0.5, 0.6) is 0 Å². The Bertz CT molecular complexity index is 618. The number of rotatable bonds is 5. The first-order valence-corrected chi connectivity index (χ1v) is 6.58. The van der Waals surface area contributed by atoms with Gasteiger partial charge in [-0.15, -0.1) is 0 Å². The van der Waals surface area contributed by atoms with E-state index in [9.17, 15) is 4.79 Å². The van der Waals surface area contributed by atoms with Crippen LogP contribution in [0.4, 0.5) is 0 Å². The van der Waals surface area contributed by atoms with E-state index in [4.69, 9.17) is 10.8 Å². The van der Waals surface area contributed by atoms with Crippen LogP contribution < -0.4 is 5.73 Å². The standard InChI is InChI=1S/C15H19N3O2/c1-10-13(12-5-3-6-17-9-12)14(15(16)20)11(2)18(10)7-4-8-19/h3,5-6,9,19H,4,7-8H2,1-2H3,(H2,16,20). The van der Waals surface area contributed by atoms with Gasteiger partial charge < -0.3 is 15.4 Å². The van der Waals surface area contributed by atoms with Crippen molar-refractivity contribution in [2.75, 3.05) is 6.61 Å². The number of aliphatic hydroxyl groups excluding tert-OH is 1. The van der Waals surface area contributed by atoms with Gasteiger partial charge in [0, 0.05) is 48.1 Å². The average Bonchev–Trinajstić information content (AvgIpc) is 2.69. The normalized spacial score (nSPS) is 10.8. The molecule has 0 fully saturated rings. The molecular formula is C15H19N3O2. The van der Waals surface area contributed by atoms with Crippen molar-refractivity contribution in [2.45, 2.75) is 26.8 Å². The quantitative estimate of drug-likeness (QED) is 0.869. The minimum atomic E-state index is -0.438. The molecule has 0 saturated heterocycles. The lowest BCUT2D eigenvalue weighted by molar-refractivity contribution is 0.1000. The number of pyridine rings is 1. The van der Waals surface area contributed by atoms with Gasteiger partial charge in [0.1, 0.15) is 0 Å². The van der Waals surface area contributed by atoms with Crippen molar-refractivity contribution in [3.05, 3.63) is 41.5 Å². The number of aliphatic hydroxyl groups is 1. The smallest absolute Gasteiger partial charge is 0.251 e. The zero-order valence-corrected chi connectivity index (χ0v) is 11.8. The van der Waals surface area contributed by atoms with E-state index < -0.39 is 5.91 Å². The maximum absolute atomic E-state index is 11.8. The molecule has 20 heavy (non-hydrogen) atoms. The number of primary amides is 1. The van der Waals surface area contributed by atoms with Crippen LogP contribution in [0.15, 0.2) is 24.5 Å². The van der Waals surface area contributed by atoms with E-state index >= 15 is 0 Å². The summed E-state index contributed by atoms with van der Waals surface area (Å²) in [5.74, 6) is -0.438. The molecule has 1 amide bonds. The predicted octanol–water partition coefficient (Wildman–Crippen LogP) is 1.65. The Morgan fingerprint density at radius 3 is 2.70 bits per heavy atom. The highest BCUT2D eigenvalue weighted by atomic mass is 16.3. The van der Waals surface area contributed by atoms with Crippen molar-refractivity contribution in [1.82, 2.24) is 9.55 Å². The minimum absolute atomic E-state index is 0.116. The molecule has 0 aliphatic rings. The maximum atomic E-state index is 11.8. The third-order valence-electron chi connectivity index (χ3n) is 3.52. The Morgan fingerprint density at radius 2 is 2.15 bits per heavy atom. The van der Waals surface area contributed by atoms with Gasteiger partial charge in [-0.25, -0.2) is 0 Å². The molecule has 0 aromatic carbocycles. The second-order valence-corrected chi connectivity index (χ2v) is 4.76. The first-order valence-electron chi connectivity index (χ1n) is 6.58. The van der Waals surface area contributed by atoms with Gasteiger partial charge in [0.25, 0.3) is 5.91 Å². The van der Waals surface area contributed by atoms with Gasteiger partial charge in [-0.3, -0.25) is 9.78 Å². The largest absolute Gasteiger partial charge is 0.396 e. The SMILES string of the molecule is Cc1c(C(N)=O)c(-c2cccnc2)c(C)n1CCCO. The van der Waals surface area contributed by atoms with E-state index in [2.05, 4.69) is 4.98 Å². The Kier molecular flexibility index (Phi) is 4.20. The van der Waals surface area contributed by atoms with Crippen LogP contribution in [0.2, 0.25) is 0 Å². The molecule has 2 aromatic rings. The highest BCUT2D eigenvalue weighted by Gasteiger charge is 2.22. The summed E-state index contributed by atoms with van der Waals surface area (Å²) in [4.78, 5) is 15.9. The molecule has 0 unspecified atom stereocenters. The number of carbonyl (C=O) groups is 1. The molecule has 0 aliphatic heterocycles. The maximum Gasteiger partial charge on any atom is 0.251 e. The Morgan fingerprint density at radius 1 is 1.40 bits per heavy atom. The van der Waals surface area contributed by atoms with Crippen molar-refractivity contribution in [2.24, 2.45) is 5.73 Å². The summed E-state index contributed by atoms with van der Waals surface area (Å²) >= 11 is 0. The van der Waals surface area contributed by atoms with Crippen molar-refractivity contribution >= 4 is 5.91 Å². The van der Waals surface area contributed by atoms with Crippen LogP contribution in [-0.2, 0) is 6.54 Å². The summed E-state index contributed by atoms with van der Waals surface area (Å²) in [7, 11) is 0. The molecular weight excluding hydrogens is 254 g/mol. The lowest BCUT2D eigenvalue weighted by atomic mass is 10.0. The van der Waals surface area contributed by atoms with Gasteiger partial charge in [0.15, 0.2) is 0 Å². The number of hydrogen-bond donors (Lipinski definition) is 2. The average molecular weight is 273 g/mol. The van der Waals surface area contributed by atoms with Crippen LogP contribution in [0.25, 0.3) is 11.1 Å². The van der Waals surface area contributed by atoms with Crippen LogP contribution in [0.3, 0.4) is 0 Å². The van der Waals surface area contributed by atoms with Gasteiger partial charge in [0.05, 0.1) is 5.56 Å².